The van der Waals surface area contributed by atoms with E-state index in [4.69, 9.17) is 4.74 Å². The SMILES string of the molecule is CC1CC(C(Br)Cc2c(F)cccc2F)CO1. The summed E-state index contributed by atoms with van der Waals surface area (Å²) in [5, 5.41) is 0. The first kappa shape index (κ1) is 13.0. The number of halogens is 3. The zero-order valence-electron chi connectivity index (χ0n) is 9.63. The summed E-state index contributed by atoms with van der Waals surface area (Å²) in [6.07, 6.45) is 1.54. The first-order chi connectivity index (χ1) is 8.08. The van der Waals surface area contributed by atoms with Crippen LogP contribution >= 0.6 is 15.9 Å². The molecule has 0 saturated carbocycles. The Labute approximate surface area is 108 Å². The Morgan fingerprint density at radius 3 is 2.59 bits per heavy atom. The van der Waals surface area contributed by atoms with Crippen LogP contribution in [0.1, 0.15) is 18.9 Å². The molecule has 1 heterocycles. The van der Waals surface area contributed by atoms with E-state index < -0.39 is 11.6 Å². The molecule has 2 rings (SSSR count). The zero-order valence-corrected chi connectivity index (χ0v) is 11.2. The van der Waals surface area contributed by atoms with Crippen molar-refractivity contribution in [2.24, 2.45) is 5.92 Å². The molecule has 94 valence electrons. The van der Waals surface area contributed by atoms with E-state index in [1.165, 1.54) is 18.2 Å². The smallest absolute Gasteiger partial charge is 0.129 e. The van der Waals surface area contributed by atoms with Gasteiger partial charge in [-0.1, -0.05) is 22.0 Å². The van der Waals surface area contributed by atoms with Crippen LogP contribution in [0.5, 0.6) is 0 Å². The second-order valence-electron chi connectivity index (χ2n) is 4.56. The van der Waals surface area contributed by atoms with E-state index >= 15 is 0 Å². The minimum Gasteiger partial charge on any atom is -0.378 e. The van der Waals surface area contributed by atoms with Crippen LogP contribution in [0, 0.1) is 17.6 Å². The van der Waals surface area contributed by atoms with Gasteiger partial charge in [0, 0.05) is 10.4 Å². The van der Waals surface area contributed by atoms with Crippen molar-refractivity contribution < 1.29 is 13.5 Å². The molecule has 1 aliphatic heterocycles. The van der Waals surface area contributed by atoms with Crippen LogP contribution in [0.2, 0.25) is 0 Å². The number of benzene rings is 1. The second-order valence-corrected chi connectivity index (χ2v) is 5.74. The van der Waals surface area contributed by atoms with Crippen molar-refractivity contribution in [3.63, 3.8) is 0 Å². The topological polar surface area (TPSA) is 9.23 Å². The molecule has 4 heteroatoms. The van der Waals surface area contributed by atoms with Crippen molar-refractivity contribution in [3.8, 4) is 0 Å². The normalized spacial score (nSPS) is 26.1. The molecule has 0 N–H and O–H groups in total. The Morgan fingerprint density at radius 2 is 2.06 bits per heavy atom. The average Bonchev–Trinajstić information content (AvgIpc) is 2.70. The predicted octanol–water partition coefficient (Wildman–Crippen LogP) is 3.70. The van der Waals surface area contributed by atoms with Crippen molar-refractivity contribution in [1.29, 1.82) is 0 Å². The Hall–Kier alpha value is -0.480. The summed E-state index contributed by atoms with van der Waals surface area (Å²) in [5.74, 6) is -0.619. The van der Waals surface area contributed by atoms with E-state index in [0.29, 0.717) is 18.9 Å². The summed E-state index contributed by atoms with van der Waals surface area (Å²) in [4.78, 5) is 0.0545. The monoisotopic (exact) mass is 304 g/mol. The van der Waals surface area contributed by atoms with Crippen molar-refractivity contribution >= 4 is 15.9 Å². The van der Waals surface area contributed by atoms with Gasteiger partial charge in [-0.3, -0.25) is 0 Å². The van der Waals surface area contributed by atoms with Crippen LogP contribution in [-0.4, -0.2) is 17.5 Å². The fourth-order valence-electron chi connectivity index (χ4n) is 2.19. The zero-order chi connectivity index (χ0) is 12.4. The second kappa shape index (κ2) is 5.44. The van der Waals surface area contributed by atoms with E-state index in [-0.39, 0.29) is 16.5 Å². The summed E-state index contributed by atoms with van der Waals surface area (Å²) in [5.41, 5.74) is 0.161. The maximum Gasteiger partial charge on any atom is 0.129 e. The number of hydrogen-bond acceptors (Lipinski definition) is 1. The predicted molar refractivity (Wildman–Crippen MR) is 66.3 cm³/mol. The van der Waals surface area contributed by atoms with Crippen molar-refractivity contribution in [1.82, 2.24) is 0 Å². The lowest BCUT2D eigenvalue weighted by atomic mass is 9.96. The number of alkyl halides is 1. The van der Waals surface area contributed by atoms with E-state index in [2.05, 4.69) is 15.9 Å². The fourth-order valence-corrected chi connectivity index (χ4v) is 2.88. The number of hydrogen-bond donors (Lipinski definition) is 0. The average molecular weight is 305 g/mol. The highest BCUT2D eigenvalue weighted by Gasteiger charge is 2.29. The minimum atomic E-state index is -0.471. The van der Waals surface area contributed by atoms with Crippen LogP contribution in [-0.2, 0) is 11.2 Å². The summed E-state index contributed by atoms with van der Waals surface area (Å²) < 4.78 is 32.4. The van der Waals surface area contributed by atoms with Gasteiger partial charge in [-0.15, -0.1) is 0 Å². The van der Waals surface area contributed by atoms with Crippen molar-refractivity contribution in [2.75, 3.05) is 6.61 Å². The van der Waals surface area contributed by atoms with Gasteiger partial charge in [0.05, 0.1) is 12.7 Å². The van der Waals surface area contributed by atoms with Gasteiger partial charge in [-0.05, 0) is 37.8 Å². The lowest BCUT2D eigenvalue weighted by Gasteiger charge is -2.16. The summed E-state index contributed by atoms with van der Waals surface area (Å²) in [7, 11) is 0. The highest BCUT2D eigenvalue weighted by molar-refractivity contribution is 9.09. The van der Waals surface area contributed by atoms with Crippen molar-refractivity contribution in [3.05, 3.63) is 35.4 Å². The van der Waals surface area contributed by atoms with E-state index in [0.717, 1.165) is 6.42 Å². The van der Waals surface area contributed by atoms with Gasteiger partial charge in [0.2, 0.25) is 0 Å². The largest absolute Gasteiger partial charge is 0.378 e. The third-order valence-corrected chi connectivity index (χ3v) is 4.27. The maximum absolute atomic E-state index is 13.5. The first-order valence-corrected chi connectivity index (χ1v) is 6.68. The van der Waals surface area contributed by atoms with Gasteiger partial charge < -0.3 is 4.74 Å². The maximum atomic E-state index is 13.5. The molecule has 0 spiro atoms. The summed E-state index contributed by atoms with van der Waals surface area (Å²) in [6.45, 7) is 2.68. The van der Waals surface area contributed by atoms with Gasteiger partial charge in [-0.25, -0.2) is 8.78 Å². The molecule has 1 fully saturated rings. The Kier molecular flexibility index (Phi) is 4.15. The molecule has 1 aromatic carbocycles. The van der Waals surface area contributed by atoms with Crippen LogP contribution in [0.4, 0.5) is 8.78 Å². The van der Waals surface area contributed by atoms with E-state index in [1.807, 2.05) is 6.92 Å². The molecular formula is C13H15BrF2O. The first-order valence-electron chi connectivity index (χ1n) is 5.76. The van der Waals surface area contributed by atoms with Crippen LogP contribution in [0.25, 0.3) is 0 Å². The third kappa shape index (κ3) is 3.05. The minimum absolute atomic E-state index is 0.0545. The molecule has 0 radical (unpaired) electrons. The molecule has 1 aromatic rings. The van der Waals surface area contributed by atoms with Gasteiger partial charge in [-0.2, -0.15) is 0 Å². The molecule has 0 aromatic heterocycles. The van der Waals surface area contributed by atoms with Gasteiger partial charge >= 0.3 is 0 Å². The summed E-state index contributed by atoms with van der Waals surface area (Å²) in [6, 6.07) is 3.98. The van der Waals surface area contributed by atoms with Crippen LogP contribution in [0.3, 0.4) is 0 Å². The third-order valence-electron chi connectivity index (χ3n) is 3.20. The fraction of sp³-hybridized carbons (Fsp3) is 0.538. The van der Waals surface area contributed by atoms with Crippen molar-refractivity contribution in [2.45, 2.75) is 30.7 Å². The van der Waals surface area contributed by atoms with E-state index in [9.17, 15) is 8.78 Å². The quantitative estimate of drug-likeness (QED) is 0.774. The molecule has 0 bridgehead atoms. The molecule has 0 amide bonds. The Morgan fingerprint density at radius 1 is 1.41 bits per heavy atom. The lowest BCUT2D eigenvalue weighted by Crippen LogP contribution is -2.18. The molecule has 1 nitrogen and oxygen atoms in total. The number of ether oxygens (including phenoxy) is 1. The highest BCUT2D eigenvalue weighted by atomic mass is 79.9. The molecule has 3 unspecified atom stereocenters. The van der Waals surface area contributed by atoms with Gasteiger partial charge in [0.1, 0.15) is 11.6 Å². The Balaban J connectivity index is 2.05. The van der Waals surface area contributed by atoms with Crippen LogP contribution < -0.4 is 0 Å². The van der Waals surface area contributed by atoms with Crippen LogP contribution in [0.15, 0.2) is 18.2 Å². The van der Waals surface area contributed by atoms with Gasteiger partial charge in [0.15, 0.2) is 0 Å². The molecular weight excluding hydrogens is 290 g/mol. The lowest BCUT2D eigenvalue weighted by molar-refractivity contribution is 0.120. The standard InChI is InChI=1S/C13H15BrF2O/c1-8-5-9(7-17-8)11(14)6-10-12(15)3-2-4-13(10)16/h2-4,8-9,11H,5-7H2,1H3. The Bertz CT molecular complexity index is 377. The highest BCUT2D eigenvalue weighted by Crippen LogP contribution is 2.30. The van der Waals surface area contributed by atoms with E-state index in [1.54, 1.807) is 0 Å². The summed E-state index contributed by atoms with van der Waals surface area (Å²) >= 11 is 3.52. The molecule has 17 heavy (non-hydrogen) atoms. The number of rotatable bonds is 3. The molecule has 0 aliphatic carbocycles. The molecule has 3 atom stereocenters. The van der Waals surface area contributed by atoms with Gasteiger partial charge in [0.25, 0.3) is 0 Å². The molecule has 1 aliphatic rings. The molecule has 1 saturated heterocycles.